The molecule has 4 heteroatoms. The van der Waals surface area contributed by atoms with Crippen LogP contribution in [0.3, 0.4) is 0 Å². The molecule has 19 heavy (non-hydrogen) atoms. The number of nitrogens with zero attached hydrogens (tertiary/aromatic N) is 2. The Labute approximate surface area is 112 Å². The van der Waals surface area contributed by atoms with Gasteiger partial charge in [0.15, 0.2) is 6.39 Å². The van der Waals surface area contributed by atoms with Gasteiger partial charge in [-0.25, -0.2) is 4.98 Å². The van der Waals surface area contributed by atoms with E-state index in [0.29, 0.717) is 12.8 Å². The van der Waals surface area contributed by atoms with Crippen LogP contribution in [0, 0.1) is 0 Å². The maximum Gasteiger partial charge on any atom is 0.223 e. The third-order valence-corrected chi connectivity index (χ3v) is 3.56. The van der Waals surface area contributed by atoms with Crippen molar-refractivity contribution in [2.75, 3.05) is 6.54 Å². The molecule has 0 radical (unpaired) electrons. The Morgan fingerprint density at radius 1 is 1.32 bits per heavy atom. The lowest BCUT2D eigenvalue weighted by Gasteiger charge is -2.28. The SMILES string of the molecule is O=C(CCc1cocn1)N1CCc2ccccc2C1. The number of fused-ring (bicyclic) bond motifs is 1. The van der Waals surface area contributed by atoms with Crippen LogP contribution in [0.1, 0.15) is 23.2 Å². The summed E-state index contributed by atoms with van der Waals surface area (Å²) >= 11 is 0. The maximum absolute atomic E-state index is 12.2. The molecule has 0 atom stereocenters. The van der Waals surface area contributed by atoms with E-state index in [-0.39, 0.29) is 5.91 Å². The first-order valence-electron chi connectivity index (χ1n) is 6.54. The fourth-order valence-electron chi connectivity index (χ4n) is 2.46. The van der Waals surface area contributed by atoms with Crippen molar-refractivity contribution in [1.29, 1.82) is 0 Å². The first-order chi connectivity index (χ1) is 9.33. The van der Waals surface area contributed by atoms with Gasteiger partial charge in [0, 0.05) is 25.9 Å². The molecule has 1 amide bonds. The molecule has 4 nitrogen and oxygen atoms in total. The molecule has 1 aliphatic heterocycles. The van der Waals surface area contributed by atoms with Crippen LogP contribution in [-0.2, 0) is 24.2 Å². The van der Waals surface area contributed by atoms with E-state index in [4.69, 9.17) is 4.42 Å². The third-order valence-electron chi connectivity index (χ3n) is 3.56. The summed E-state index contributed by atoms with van der Waals surface area (Å²) in [6.45, 7) is 1.54. The van der Waals surface area contributed by atoms with Crippen molar-refractivity contribution in [2.45, 2.75) is 25.8 Å². The zero-order chi connectivity index (χ0) is 13.1. The molecule has 1 aliphatic rings. The number of hydrogen-bond donors (Lipinski definition) is 0. The molecule has 0 fully saturated rings. The molecule has 0 unspecified atom stereocenters. The predicted molar refractivity (Wildman–Crippen MR) is 70.4 cm³/mol. The van der Waals surface area contributed by atoms with Gasteiger partial charge in [-0.15, -0.1) is 0 Å². The first-order valence-corrected chi connectivity index (χ1v) is 6.54. The predicted octanol–water partition coefficient (Wildman–Crippen LogP) is 2.19. The largest absolute Gasteiger partial charge is 0.451 e. The van der Waals surface area contributed by atoms with Crippen molar-refractivity contribution in [3.05, 3.63) is 53.7 Å². The number of carbonyl (C=O) groups is 1. The molecule has 0 spiro atoms. The van der Waals surface area contributed by atoms with Gasteiger partial charge >= 0.3 is 0 Å². The van der Waals surface area contributed by atoms with Gasteiger partial charge in [-0.1, -0.05) is 24.3 Å². The minimum atomic E-state index is 0.192. The second kappa shape index (κ2) is 5.26. The monoisotopic (exact) mass is 256 g/mol. The van der Waals surface area contributed by atoms with Gasteiger partial charge in [0.05, 0.1) is 5.69 Å². The van der Waals surface area contributed by atoms with E-state index in [0.717, 1.165) is 25.2 Å². The first kappa shape index (κ1) is 12.0. The molecule has 0 bridgehead atoms. The van der Waals surface area contributed by atoms with Crippen molar-refractivity contribution in [3.63, 3.8) is 0 Å². The average molecular weight is 256 g/mol. The maximum atomic E-state index is 12.2. The van der Waals surface area contributed by atoms with Gasteiger partial charge in [-0.05, 0) is 17.5 Å². The molecule has 1 aromatic carbocycles. The Bertz CT molecular complexity index is 563. The highest BCUT2D eigenvalue weighted by atomic mass is 16.3. The van der Waals surface area contributed by atoms with Crippen LogP contribution in [-0.4, -0.2) is 22.3 Å². The van der Waals surface area contributed by atoms with E-state index in [1.54, 1.807) is 6.26 Å². The molecule has 0 saturated carbocycles. The summed E-state index contributed by atoms with van der Waals surface area (Å²) in [4.78, 5) is 18.1. The zero-order valence-electron chi connectivity index (χ0n) is 10.7. The standard InChI is InChI=1S/C15H16N2O2/c18-15(6-5-14-10-19-11-16-14)17-8-7-12-3-1-2-4-13(12)9-17/h1-4,10-11H,5-9H2. The summed E-state index contributed by atoms with van der Waals surface area (Å²) in [5.41, 5.74) is 3.47. The number of aromatic nitrogens is 1. The molecule has 2 heterocycles. The molecule has 0 aliphatic carbocycles. The minimum absolute atomic E-state index is 0.192. The topological polar surface area (TPSA) is 46.3 Å². The van der Waals surface area contributed by atoms with Gasteiger partial charge in [0.1, 0.15) is 6.26 Å². The second-order valence-electron chi connectivity index (χ2n) is 4.81. The Hall–Kier alpha value is -2.10. The Balaban J connectivity index is 1.60. The fraction of sp³-hybridized carbons (Fsp3) is 0.333. The van der Waals surface area contributed by atoms with E-state index >= 15 is 0 Å². The van der Waals surface area contributed by atoms with Gasteiger partial charge < -0.3 is 9.32 Å². The van der Waals surface area contributed by atoms with Gasteiger partial charge in [0.2, 0.25) is 5.91 Å². The van der Waals surface area contributed by atoms with Gasteiger partial charge in [0.25, 0.3) is 0 Å². The summed E-state index contributed by atoms with van der Waals surface area (Å²) in [5, 5.41) is 0. The van der Waals surface area contributed by atoms with E-state index in [2.05, 4.69) is 23.2 Å². The summed E-state index contributed by atoms with van der Waals surface area (Å²) < 4.78 is 4.90. The zero-order valence-corrected chi connectivity index (χ0v) is 10.7. The third kappa shape index (κ3) is 2.67. The van der Waals surface area contributed by atoms with Gasteiger partial charge in [-0.3, -0.25) is 4.79 Å². The van der Waals surface area contributed by atoms with Crippen molar-refractivity contribution in [2.24, 2.45) is 0 Å². The van der Waals surface area contributed by atoms with Crippen molar-refractivity contribution >= 4 is 5.91 Å². The summed E-state index contributed by atoms with van der Waals surface area (Å²) in [7, 11) is 0. The Morgan fingerprint density at radius 3 is 2.95 bits per heavy atom. The number of hydrogen-bond acceptors (Lipinski definition) is 3. The Morgan fingerprint density at radius 2 is 2.16 bits per heavy atom. The number of rotatable bonds is 3. The Kier molecular flexibility index (Phi) is 3.31. The minimum Gasteiger partial charge on any atom is -0.451 e. The molecule has 3 rings (SSSR count). The lowest BCUT2D eigenvalue weighted by atomic mass is 9.99. The van der Waals surface area contributed by atoms with Crippen LogP contribution in [0.4, 0.5) is 0 Å². The number of carbonyl (C=O) groups excluding carboxylic acids is 1. The molecule has 1 aromatic heterocycles. The summed E-state index contributed by atoms with van der Waals surface area (Å²) in [6, 6.07) is 8.34. The normalized spacial score (nSPS) is 14.2. The number of benzene rings is 1. The van der Waals surface area contributed by atoms with Crippen LogP contribution in [0.5, 0.6) is 0 Å². The van der Waals surface area contributed by atoms with Crippen LogP contribution in [0.25, 0.3) is 0 Å². The highest BCUT2D eigenvalue weighted by Crippen LogP contribution is 2.19. The molecule has 0 saturated heterocycles. The lowest BCUT2D eigenvalue weighted by Crippen LogP contribution is -2.36. The lowest BCUT2D eigenvalue weighted by molar-refractivity contribution is -0.132. The van der Waals surface area contributed by atoms with Crippen LogP contribution < -0.4 is 0 Å². The number of aryl methyl sites for hydroxylation is 1. The van der Waals surface area contributed by atoms with Gasteiger partial charge in [-0.2, -0.15) is 0 Å². The highest BCUT2D eigenvalue weighted by molar-refractivity contribution is 5.76. The average Bonchev–Trinajstić information content (AvgIpc) is 2.97. The van der Waals surface area contributed by atoms with Crippen molar-refractivity contribution in [3.8, 4) is 0 Å². The van der Waals surface area contributed by atoms with Crippen molar-refractivity contribution in [1.82, 2.24) is 9.88 Å². The summed E-state index contributed by atoms with van der Waals surface area (Å²) in [5.74, 6) is 0.192. The second-order valence-corrected chi connectivity index (χ2v) is 4.81. The number of amides is 1. The van der Waals surface area contributed by atoms with E-state index in [9.17, 15) is 4.79 Å². The fourth-order valence-corrected chi connectivity index (χ4v) is 2.46. The molecule has 2 aromatic rings. The molecule has 98 valence electrons. The number of oxazole rings is 1. The highest BCUT2D eigenvalue weighted by Gasteiger charge is 2.20. The molecular weight excluding hydrogens is 240 g/mol. The van der Waals surface area contributed by atoms with Crippen LogP contribution in [0.2, 0.25) is 0 Å². The molecular formula is C15H16N2O2. The van der Waals surface area contributed by atoms with Crippen LogP contribution >= 0.6 is 0 Å². The van der Waals surface area contributed by atoms with E-state index < -0.39 is 0 Å². The van der Waals surface area contributed by atoms with Crippen molar-refractivity contribution < 1.29 is 9.21 Å². The molecule has 0 N–H and O–H groups in total. The van der Waals surface area contributed by atoms with Crippen LogP contribution in [0.15, 0.2) is 41.3 Å². The van der Waals surface area contributed by atoms with E-state index in [1.165, 1.54) is 17.5 Å². The van der Waals surface area contributed by atoms with E-state index in [1.807, 2.05) is 11.0 Å². The smallest absolute Gasteiger partial charge is 0.223 e. The summed E-state index contributed by atoms with van der Waals surface area (Å²) in [6.07, 6.45) is 5.09. The quantitative estimate of drug-likeness (QED) is 0.845.